The van der Waals surface area contributed by atoms with Crippen molar-refractivity contribution in [1.29, 1.82) is 0 Å². The maximum Gasteiger partial charge on any atom is 0.471 e. The molecule has 0 spiro atoms. The van der Waals surface area contributed by atoms with E-state index in [9.17, 15) is 35.5 Å². The van der Waals surface area contributed by atoms with Gasteiger partial charge in [-0.05, 0) is 12.1 Å². The molecule has 118 valence electrons. The lowest BCUT2D eigenvalue weighted by Crippen LogP contribution is -2.30. The number of anilines is 1. The van der Waals surface area contributed by atoms with Crippen molar-refractivity contribution in [2.24, 2.45) is 0 Å². The van der Waals surface area contributed by atoms with E-state index in [0.717, 1.165) is 0 Å². The molecule has 21 heavy (non-hydrogen) atoms. The highest BCUT2D eigenvalue weighted by atomic mass is 35.5. The van der Waals surface area contributed by atoms with Crippen LogP contribution in [0.1, 0.15) is 0 Å². The van der Waals surface area contributed by atoms with Crippen LogP contribution in [0.25, 0.3) is 0 Å². The van der Waals surface area contributed by atoms with Gasteiger partial charge in [-0.15, -0.1) is 11.8 Å². The van der Waals surface area contributed by atoms with Crippen LogP contribution in [0.2, 0.25) is 5.02 Å². The second kappa shape index (κ2) is 6.30. The minimum absolute atomic E-state index is 0.0202. The van der Waals surface area contributed by atoms with Crippen molar-refractivity contribution in [1.82, 2.24) is 0 Å². The zero-order valence-electron chi connectivity index (χ0n) is 9.70. The van der Waals surface area contributed by atoms with Crippen LogP contribution >= 0.6 is 23.4 Å². The molecule has 0 bridgehead atoms. The van der Waals surface area contributed by atoms with Crippen LogP contribution in [-0.4, -0.2) is 24.0 Å². The van der Waals surface area contributed by atoms with Gasteiger partial charge in [-0.3, -0.25) is 4.79 Å². The molecule has 1 aromatic rings. The third-order valence-corrected chi connectivity index (χ3v) is 3.33. The maximum atomic E-state index is 13.4. The Labute approximate surface area is 122 Å². The zero-order chi connectivity index (χ0) is 16.4. The summed E-state index contributed by atoms with van der Waals surface area (Å²) in [6.45, 7) is 0. The number of nitrogens with one attached hydrogen (secondary N) is 1. The molecule has 1 amide bonds. The summed E-state index contributed by atoms with van der Waals surface area (Å²) in [5, 5.41) is 0.790. The molecule has 0 saturated heterocycles. The minimum atomic E-state index is -5.21. The van der Waals surface area contributed by atoms with Crippen molar-refractivity contribution in [3.63, 3.8) is 0 Å². The van der Waals surface area contributed by atoms with E-state index in [0.29, 0.717) is 12.1 Å². The van der Waals surface area contributed by atoms with Crippen LogP contribution in [0.15, 0.2) is 17.0 Å². The normalized spacial score (nSPS) is 12.4. The molecule has 0 aromatic heterocycles. The largest absolute Gasteiger partial charge is 0.471 e. The average molecular weight is 356 g/mol. The first kappa shape index (κ1) is 17.9. The second-order valence-corrected chi connectivity index (χ2v) is 5.04. The Morgan fingerprint density at radius 3 is 2.24 bits per heavy atom. The first-order valence-corrected chi connectivity index (χ1v) is 6.33. The van der Waals surface area contributed by atoms with Crippen LogP contribution in [0.5, 0.6) is 0 Å². The van der Waals surface area contributed by atoms with Crippen LogP contribution in [0.3, 0.4) is 0 Å². The highest BCUT2D eigenvalue weighted by Gasteiger charge is 2.39. The lowest BCUT2D eigenvalue weighted by Gasteiger charge is -2.12. The van der Waals surface area contributed by atoms with E-state index in [2.05, 4.69) is 0 Å². The molecule has 0 saturated carbocycles. The van der Waals surface area contributed by atoms with E-state index in [-0.39, 0.29) is 11.8 Å². The summed E-state index contributed by atoms with van der Waals surface area (Å²) < 4.78 is 85.7. The Bertz CT molecular complexity index is 543. The molecule has 0 fully saturated rings. The van der Waals surface area contributed by atoms with Gasteiger partial charge in [0, 0.05) is 4.90 Å². The van der Waals surface area contributed by atoms with Gasteiger partial charge in [0.2, 0.25) is 0 Å². The van der Waals surface area contributed by atoms with Gasteiger partial charge in [-0.2, -0.15) is 26.3 Å². The Balaban J connectivity index is 2.98. The number of halogens is 8. The number of carbonyl (C=O) groups excluding carboxylic acids is 1. The minimum Gasteiger partial charge on any atom is -0.317 e. The summed E-state index contributed by atoms with van der Waals surface area (Å²) in [6.07, 6.45) is -9.80. The highest BCUT2D eigenvalue weighted by molar-refractivity contribution is 7.99. The van der Waals surface area contributed by atoms with E-state index in [1.165, 1.54) is 5.32 Å². The number of hydrogen-bond donors (Lipinski definition) is 1. The standard InChI is InChI=1S/C10H5ClF7NOS/c11-4-1-5(12)7(21-3-9(13,14)15)2-6(4)19-8(20)10(16,17)18/h1-2H,3H2,(H,19,20). The van der Waals surface area contributed by atoms with Gasteiger partial charge >= 0.3 is 18.3 Å². The highest BCUT2D eigenvalue weighted by Crippen LogP contribution is 2.34. The topological polar surface area (TPSA) is 29.1 Å². The SMILES string of the molecule is O=C(Nc1cc(SCC(F)(F)F)c(F)cc1Cl)C(F)(F)F. The Kier molecular flexibility index (Phi) is 5.37. The van der Waals surface area contributed by atoms with E-state index in [4.69, 9.17) is 11.6 Å². The predicted molar refractivity (Wildman–Crippen MR) is 62.9 cm³/mol. The van der Waals surface area contributed by atoms with Crippen molar-refractivity contribution >= 4 is 35.0 Å². The molecule has 0 aliphatic carbocycles. The Morgan fingerprint density at radius 1 is 1.19 bits per heavy atom. The summed E-state index contributed by atoms with van der Waals surface area (Å²) in [5.74, 6) is -4.96. The first-order valence-electron chi connectivity index (χ1n) is 4.97. The third-order valence-electron chi connectivity index (χ3n) is 1.92. The molecule has 0 unspecified atom stereocenters. The van der Waals surface area contributed by atoms with Crippen LogP contribution in [0.4, 0.5) is 36.4 Å². The number of carbonyl (C=O) groups is 1. The van der Waals surface area contributed by atoms with E-state index in [1.807, 2.05) is 0 Å². The summed E-state index contributed by atoms with van der Waals surface area (Å²) in [5.41, 5.74) is -0.634. The fourth-order valence-corrected chi connectivity index (χ4v) is 2.00. The smallest absolute Gasteiger partial charge is 0.317 e. The monoisotopic (exact) mass is 355 g/mol. The summed E-state index contributed by atoms with van der Waals surface area (Å²) in [7, 11) is 0. The molecule has 11 heteroatoms. The van der Waals surface area contributed by atoms with E-state index in [1.54, 1.807) is 0 Å². The summed E-state index contributed by atoms with van der Waals surface area (Å²) >= 11 is 5.45. The molecule has 0 aliphatic heterocycles. The van der Waals surface area contributed by atoms with Gasteiger partial charge in [-0.1, -0.05) is 11.6 Å². The second-order valence-electron chi connectivity index (χ2n) is 3.62. The number of thioether (sulfide) groups is 1. The number of rotatable bonds is 3. The van der Waals surface area contributed by atoms with Gasteiger partial charge < -0.3 is 5.32 Å². The fourth-order valence-electron chi connectivity index (χ4n) is 1.09. The number of benzene rings is 1. The van der Waals surface area contributed by atoms with Gasteiger partial charge in [0.05, 0.1) is 16.5 Å². The van der Waals surface area contributed by atoms with Crippen LogP contribution < -0.4 is 5.32 Å². The molecule has 0 heterocycles. The number of hydrogen-bond acceptors (Lipinski definition) is 2. The third kappa shape index (κ3) is 5.62. The fraction of sp³-hybridized carbons (Fsp3) is 0.300. The summed E-state index contributed by atoms with van der Waals surface area (Å²) in [6, 6.07) is 1.13. The van der Waals surface area contributed by atoms with Gasteiger partial charge in [-0.25, -0.2) is 4.39 Å². The van der Waals surface area contributed by atoms with E-state index >= 15 is 0 Å². The van der Waals surface area contributed by atoms with Gasteiger partial charge in [0.15, 0.2) is 0 Å². The number of amides is 1. The predicted octanol–water partition coefficient (Wildman–Crippen LogP) is 4.63. The van der Waals surface area contributed by atoms with Crippen molar-refractivity contribution in [3.05, 3.63) is 23.0 Å². The maximum absolute atomic E-state index is 13.4. The molecular weight excluding hydrogens is 351 g/mol. The Morgan fingerprint density at radius 2 is 1.76 bits per heavy atom. The molecular formula is C10H5ClF7NOS. The van der Waals surface area contributed by atoms with Crippen LogP contribution in [-0.2, 0) is 4.79 Å². The van der Waals surface area contributed by atoms with E-state index < -0.39 is 45.4 Å². The molecule has 0 radical (unpaired) electrons. The average Bonchev–Trinajstić information content (AvgIpc) is 2.28. The molecule has 1 rings (SSSR count). The number of alkyl halides is 6. The van der Waals surface area contributed by atoms with Crippen molar-refractivity contribution in [3.8, 4) is 0 Å². The summed E-state index contributed by atoms with van der Waals surface area (Å²) in [4.78, 5) is 10.1. The lowest BCUT2D eigenvalue weighted by molar-refractivity contribution is -0.167. The Hall–Kier alpha value is -1.16. The van der Waals surface area contributed by atoms with Crippen molar-refractivity contribution in [2.75, 3.05) is 11.1 Å². The molecule has 1 N–H and O–H groups in total. The van der Waals surface area contributed by atoms with Crippen LogP contribution in [0, 0.1) is 5.82 Å². The molecule has 1 aromatic carbocycles. The zero-order valence-corrected chi connectivity index (χ0v) is 11.3. The van der Waals surface area contributed by atoms with Gasteiger partial charge in [0.1, 0.15) is 5.82 Å². The molecule has 2 nitrogen and oxygen atoms in total. The molecule has 0 atom stereocenters. The quantitative estimate of drug-likeness (QED) is 0.632. The van der Waals surface area contributed by atoms with Crippen molar-refractivity contribution in [2.45, 2.75) is 17.2 Å². The first-order chi connectivity index (χ1) is 9.40. The molecule has 0 aliphatic rings. The van der Waals surface area contributed by atoms with Gasteiger partial charge in [0.25, 0.3) is 0 Å². The lowest BCUT2D eigenvalue weighted by atomic mass is 10.3. The van der Waals surface area contributed by atoms with Crippen molar-refractivity contribution < 1.29 is 35.5 Å².